The molecule has 0 aromatic carbocycles. The summed E-state index contributed by atoms with van der Waals surface area (Å²) in [5, 5.41) is 18.0. The summed E-state index contributed by atoms with van der Waals surface area (Å²) in [7, 11) is 0. The van der Waals surface area contributed by atoms with Gasteiger partial charge in [-0.2, -0.15) is 0 Å². The van der Waals surface area contributed by atoms with Crippen LogP contribution in [0.1, 0.15) is 39.5 Å². The normalized spacial score (nSPS) is 14.4. The number of nitrogens with two attached hydrogens (primary N) is 1. The van der Waals surface area contributed by atoms with E-state index in [1.807, 2.05) is 0 Å². The zero-order chi connectivity index (χ0) is 11.0. The van der Waals surface area contributed by atoms with Crippen LogP contribution >= 0.6 is 0 Å². The summed E-state index contributed by atoms with van der Waals surface area (Å²) in [5.74, 6) is 0.505. The Morgan fingerprint density at radius 3 is 2.07 bits per heavy atom. The monoisotopic (exact) mass is 203 g/mol. The molecule has 0 aliphatic rings. The van der Waals surface area contributed by atoms with Gasteiger partial charge in [-0.15, -0.1) is 0 Å². The van der Waals surface area contributed by atoms with Crippen LogP contribution in [0.2, 0.25) is 0 Å². The molecule has 0 rings (SSSR count). The molecule has 0 amide bonds. The van der Waals surface area contributed by atoms with Crippen LogP contribution in [0.25, 0.3) is 0 Å². The van der Waals surface area contributed by atoms with E-state index < -0.39 is 0 Å². The largest absolute Gasteiger partial charge is 0.396 e. The van der Waals surface area contributed by atoms with Gasteiger partial charge < -0.3 is 15.9 Å². The Morgan fingerprint density at radius 2 is 1.71 bits per heavy atom. The van der Waals surface area contributed by atoms with Crippen molar-refractivity contribution in [2.24, 2.45) is 17.1 Å². The first kappa shape index (κ1) is 13.9. The standard InChI is InChI=1S/C11H25NO2/c1-10(4-3-7-12)11(2,5-8-13)6-9-14/h10,13-14H,3-9,12H2,1-2H3. The number of aliphatic hydroxyl groups excluding tert-OH is 2. The molecule has 0 bridgehead atoms. The van der Waals surface area contributed by atoms with Crippen molar-refractivity contribution in [2.45, 2.75) is 39.5 Å². The highest BCUT2D eigenvalue weighted by Gasteiger charge is 2.29. The predicted molar refractivity (Wildman–Crippen MR) is 59.0 cm³/mol. The fraction of sp³-hybridized carbons (Fsp3) is 1.00. The molecule has 1 atom stereocenters. The highest BCUT2D eigenvalue weighted by atomic mass is 16.3. The lowest BCUT2D eigenvalue weighted by atomic mass is 9.71. The zero-order valence-corrected chi connectivity index (χ0v) is 9.50. The molecule has 0 radical (unpaired) electrons. The third kappa shape index (κ3) is 4.40. The number of rotatable bonds is 8. The van der Waals surface area contributed by atoms with Gasteiger partial charge in [-0.05, 0) is 43.6 Å². The van der Waals surface area contributed by atoms with E-state index >= 15 is 0 Å². The van der Waals surface area contributed by atoms with Gasteiger partial charge in [-0.25, -0.2) is 0 Å². The van der Waals surface area contributed by atoms with Gasteiger partial charge in [0.05, 0.1) is 0 Å². The maximum atomic E-state index is 9.00. The van der Waals surface area contributed by atoms with Crippen molar-refractivity contribution >= 4 is 0 Å². The Bertz CT molecular complexity index is 133. The molecule has 0 aromatic rings. The molecular weight excluding hydrogens is 178 g/mol. The van der Waals surface area contributed by atoms with E-state index in [4.69, 9.17) is 15.9 Å². The summed E-state index contributed by atoms with van der Waals surface area (Å²) in [5.41, 5.74) is 5.52. The number of hydrogen-bond donors (Lipinski definition) is 3. The molecule has 3 nitrogen and oxygen atoms in total. The lowest BCUT2D eigenvalue weighted by Crippen LogP contribution is -2.28. The van der Waals surface area contributed by atoms with E-state index in [0.29, 0.717) is 5.92 Å². The van der Waals surface area contributed by atoms with Crippen LogP contribution in [0.5, 0.6) is 0 Å². The smallest absolute Gasteiger partial charge is 0.0436 e. The first-order chi connectivity index (χ1) is 6.60. The second kappa shape index (κ2) is 7.21. The second-order valence-electron chi connectivity index (χ2n) is 4.43. The lowest BCUT2D eigenvalue weighted by molar-refractivity contribution is 0.0912. The summed E-state index contributed by atoms with van der Waals surface area (Å²) in [6.45, 7) is 5.44. The lowest BCUT2D eigenvalue weighted by Gasteiger charge is -2.35. The average Bonchev–Trinajstić information content (AvgIpc) is 2.15. The molecule has 1 unspecified atom stereocenters. The van der Waals surface area contributed by atoms with E-state index in [-0.39, 0.29) is 18.6 Å². The Balaban J connectivity index is 4.15. The van der Waals surface area contributed by atoms with E-state index in [1.165, 1.54) is 0 Å². The summed E-state index contributed by atoms with van der Waals surface area (Å²) in [6.07, 6.45) is 3.62. The van der Waals surface area contributed by atoms with Gasteiger partial charge in [0.2, 0.25) is 0 Å². The highest BCUT2D eigenvalue weighted by molar-refractivity contribution is 4.79. The van der Waals surface area contributed by atoms with Gasteiger partial charge in [0.1, 0.15) is 0 Å². The van der Waals surface area contributed by atoms with Crippen LogP contribution in [0.15, 0.2) is 0 Å². The average molecular weight is 203 g/mol. The molecule has 0 aliphatic heterocycles. The van der Waals surface area contributed by atoms with E-state index in [2.05, 4.69) is 13.8 Å². The van der Waals surface area contributed by atoms with Gasteiger partial charge >= 0.3 is 0 Å². The molecule has 0 saturated carbocycles. The van der Waals surface area contributed by atoms with Crippen LogP contribution in [-0.2, 0) is 0 Å². The van der Waals surface area contributed by atoms with Crippen LogP contribution in [0, 0.1) is 11.3 Å². The zero-order valence-electron chi connectivity index (χ0n) is 9.50. The molecule has 0 saturated heterocycles. The Hall–Kier alpha value is -0.120. The van der Waals surface area contributed by atoms with Gasteiger partial charge in [-0.3, -0.25) is 0 Å². The minimum Gasteiger partial charge on any atom is -0.396 e. The maximum absolute atomic E-state index is 9.00. The SMILES string of the molecule is CC(CCCN)C(C)(CCO)CCO. The fourth-order valence-electron chi connectivity index (χ4n) is 1.90. The number of hydrogen-bond acceptors (Lipinski definition) is 3. The minimum atomic E-state index is 0.0542. The molecular formula is C11H25NO2. The second-order valence-corrected chi connectivity index (χ2v) is 4.43. The summed E-state index contributed by atoms with van der Waals surface area (Å²) in [6, 6.07) is 0. The van der Waals surface area contributed by atoms with Crippen molar-refractivity contribution in [2.75, 3.05) is 19.8 Å². The van der Waals surface area contributed by atoms with Crippen molar-refractivity contribution in [3.05, 3.63) is 0 Å². The molecule has 86 valence electrons. The van der Waals surface area contributed by atoms with Crippen molar-refractivity contribution in [1.82, 2.24) is 0 Å². The topological polar surface area (TPSA) is 66.5 Å². The third-order valence-corrected chi connectivity index (χ3v) is 3.40. The first-order valence-electron chi connectivity index (χ1n) is 5.52. The Labute approximate surface area is 87.3 Å². The molecule has 0 heterocycles. The highest BCUT2D eigenvalue weighted by Crippen LogP contribution is 2.36. The van der Waals surface area contributed by atoms with Crippen LogP contribution in [-0.4, -0.2) is 30.0 Å². The molecule has 3 heteroatoms. The quantitative estimate of drug-likeness (QED) is 0.554. The van der Waals surface area contributed by atoms with Gasteiger partial charge in [0, 0.05) is 13.2 Å². The van der Waals surface area contributed by atoms with Gasteiger partial charge in [-0.1, -0.05) is 13.8 Å². The van der Waals surface area contributed by atoms with Crippen molar-refractivity contribution in [3.63, 3.8) is 0 Å². The van der Waals surface area contributed by atoms with Gasteiger partial charge in [0.25, 0.3) is 0 Å². The Morgan fingerprint density at radius 1 is 1.21 bits per heavy atom. The molecule has 0 aromatic heterocycles. The summed E-state index contributed by atoms with van der Waals surface area (Å²) < 4.78 is 0. The predicted octanol–water partition coefficient (Wildman–Crippen LogP) is 1.13. The summed E-state index contributed by atoms with van der Waals surface area (Å²) in [4.78, 5) is 0. The van der Waals surface area contributed by atoms with Gasteiger partial charge in [0.15, 0.2) is 0 Å². The van der Waals surface area contributed by atoms with Crippen molar-refractivity contribution in [3.8, 4) is 0 Å². The Kier molecular flexibility index (Phi) is 7.15. The third-order valence-electron chi connectivity index (χ3n) is 3.40. The van der Waals surface area contributed by atoms with Crippen LogP contribution < -0.4 is 5.73 Å². The molecule has 4 N–H and O–H groups in total. The van der Waals surface area contributed by atoms with E-state index in [1.54, 1.807) is 0 Å². The first-order valence-corrected chi connectivity index (χ1v) is 5.52. The number of aliphatic hydroxyl groups is 2. The van der Waals surface area contributed by atoms with Crippen molar-refractivity contribution in [1.29, 1.82) is 0 Å². The van der Waals surface area contributed by atoms with Crippen molar-refractivity contribution < 1.29 is 10.2 Å². The molecule has 0 aliphatic carbocycles. The molecule has 0 spiro atoms. The van der Waals surface area contributed by atoms with E-state index in [0.717, 1.165) is 32.2 Å². The van der Waals surface area contributed by atoms with Crippen LogP contribution in [0.3, 0.4) is 0 Å². The molecule has 0 fully saturated rings. The minimum absolute atomic E-state index is 0.0542. The van der Waals surface area contributed by atoms with Crippen LogP contribution in [0.4, 0.5) is 0 Å². The maximum Gasteiger partial charge on any atom is 0.0436 e. The summed E-state index contributed by atoms with van der Waals surface area (Å²) >= 11 is 0. The molecule has 14 heavy (non-hydrogen) atoms. The fourth-order valence-corrected chi connectivity index (χ4v) is 1.90. The van der Waals surface area contributed by atoms with E-state index in [9.17, 15) is 0 Å².